The summed E-state index contributed by atoms with van der Waals surface area (Å²) >= 11 is 1.62. The Balaban J connectivity index is 1.68. The van der Waals surface area contributed by atoms with Crippen LogP contribution in [-0.2, 0) is 0 Å². The molecular weight excluding hydrogens is 256 g/mol. The Kier molecular flexibility index (Phi) is 3.44. The summed E-state index contributed by atoms with van der Waals surface area (Å²) in [6, 6.07) is 15.7. The minimum Gasteiger partial charge on any atom is -0.387 e. The first kappa shape index (κ1) is 12.1. The Morgan fingerprint density at radius 1 is 1.16 bits per heavy atom. The average molecular weight is 270 g/mol. The summed E-state index contributed by atoms with van der Waals surface area (Å²) in [4.78, 5) is 4.24. The van der Waals surface area contributed by atoms with Gasteiger partial charge in [-0.2, -0.15) is 0 Å². The number of benzene rings is 2. The number of hydrogen-bond donors (Lipinski definition) is 2. The van der Waals surface area contributed by atoms with Crippen LogP contribution in [0.4, 0.5) is 5.69 Å². The fourth-order valence-corrected chi connectivity index (χ4v) is 2.69. The second-order valence-corrected chi connectivity index (χ2v) is 5.23. The summed E-state index contributed by atoms with van der Waals surface area (Å²) in [6.45, 7) is 0.494. The minimum absolute atomic E-state index is 0.494. The molecule has 0 aliphatic carbocycles. The van der Waals surface area contributed by atoms with Crippen LogP contribution < -0.4 is 5.32 Å². The number of anilines is 1. The predicted octanol–water partition coefficient (Wildman–Crippen LogP) is 3.44. The molecule has 0 bridgehead atoms. The molecule has 3 aromatic rings. The van der Waals surface area contributed by atoms with Crippen LogP contribution in [0, 0.1) is 0 Å². The molecule has 1 aromatic heterocycles. The maximum Gasteiger partial charge on any atom is 0.0962 e. The van der Waals surface area contributed by atoms with Crippen molar-refractivity contribution in [2.75, 3.05) is 11.9 Å². The summed E-state index contributed by atoms with van der Waals surface area (Å²) in [6.07, 6.45) is -0.502. The van der Waals surface area contributed by atoms with E-state index in [1.807, 2.05) is 48.0 Å². The highest BCUT2D eigenvalue weighted by molar-refractivity contribution is 7.16. The lowest BCUT2D eigenvalue weighted by molar-refractivity contribution is 0.191. The molecule has 3 nitrogen and oxygen atoms in total. The van der Waals surface area contributed by atoms with E-state index in [9.17, 15) is 5.11 Å². The molecule has 19 heavy (non-hydrogen) atoms. The quantitative estimate of drug-likeness (QED) is 0.763. The Hall–Kier alpha value is -1.91. The Morgan fingerprint density at radius 2 is 2.00 bits per heavy atom. The molecule has 0 radical (unpaired) electrons. The van der Waals surface area contributed by atoms with Crippen molar-refractivity contribution in [2.24, 2.45) is 0 Å². The van der Waals surface area contributed by atoms with E-state index < -0.39 is 6.10 Å². The van der Waals surface area contributed by atoms with Gasteiger partial charge in [0, 0.05) is 12.2 Å². The van der Waals surface area contributed by atoms with Crippen LogP contribution >= 0.6 is 11.3 Å². The van der Waals surface area contributed by atoms with Crippen LogP contribution in [0.5, 0.6) is 0 Å². The molecule has 1 atom stereocenters. The Morgan fingerprint density at radius 3 is 2.84 bits per heavy atom. The van der Waals surface area contributed by atoms with Crippen molar-refractivity contribution < 1.29 is 5.11 Å². The van der Waals surface area contributed by atoms with Gasteiger partial charge in [-0.05, 0) is 23.8 Å². The third kappa shape index (κ3) is 2.75. The number of hydrogen-bond acceptors (Lipinski definition) is 4. The molecule has 0 saturated heterocycles. The number of aliphatic hydroxyl groups is 1. The fourth-order valence-electron chi connectivity index (χ4n) is 1.97. The third-order valence-electron chi connectivity index (χ3n) is 3.02. The maximum atomic E-state index is 10.1. The molecule has 0 amide bonds. The molecule has 0 saturated carbocycles. The molecule has 3 rings (SSSR count). The lowest BCUT2D eigenvalue weighted by Gasteiger charge is -2.13. The van der Waals surface area contributed by atoms with E-state index >= 15 is 0 Å². The molecule has 2 aromatic carbocycles. The number of aromatic nitrogens is 1. The van der Waals surface area contributed by atoms with E-state index in [-0.39, 0.29) is 0 Å². The van der Waals surface area contributed by atoms with Crippen LogP contribution in [0.2, 0.25) is 0 Å². The largest absolute Gasteiger partial charge is 0.387 e. The van der Waals surface area contributed by atoms with Gasteiger partial charge in [0.05, 0.1) is 21.8 Å². The molecule has 0 aliphatic rings. The summed E-state index contributed by atoms with van der Waals surface area (Å²) in [5.41, 5.74) is 4.78. The lowest BCUT2D eigenvalue weighted by atomic mass is 10.1. The highest BCUT2D eigenvalue weighted by Crippen LogP contribution is 2.22. The van der Waals surface area contributed by atoms with E-state index in [0.717, 1.165) is 21.5 Å². The number of thiazole rings is 1. The van der Waals surface area contributed by atoms with E-state index in [4.69, 9.17) is 0 Å². The zero-order chi connectivity index (χ0) is 13.1. The van der Waals surface area contributed by atoms with Gasteiger partial charge in [-0.3, -0.25) is 0 Å². The number of aliphatic hydroxyl groups excluding tert-OH is 1. The van der Waals surface area contributed by atoms with Gasteiger partial charge in [-0.25, -0.2) is 4.98 Å². The number of nitrogens with one attached hydrogen (secondary N) is 1. The van der Waals surface area contributed by atoms with Crippen LogP contribution in [0.25, 0.3) is 10.2 Å². The van der Waals surface area contributed by atoms with Gasteiger partial charge in [0.25, 0.3) is 0 Å². The van der Waals surface area contributed by atoms with E-state index in [1.54, 1.807) is 11.3 Å². The van der Waals surface area contributed by atoms with Crippen molar-refractivity contribution >= 4 is 27.2 Å². The number of rotatable bonds is 4. The number of nitrogens with zero attached hydrogens (tertiary/aromatic N) is 1. The van der Waals surface area contributed by atoms with E-state index in [0.29, 0.717) is 6.54 Å². The van der Waals surface area contributed by atoms with E-state index in [2.05, 4.69) is 16.4 Å². The fraction of sp³-hybridized carbons (Fsp3) is 0.133. The van der Waals surface area contributed by atoms with Crippen molar-refractivity contribution in [2.45, 2.75) is 6.10 Å². The molecule has 1 heterocycles. The van der Waals surface area contributed by atoms with Crippen LogP contribution in [0.15, 0.2) is 54.0 Å². The Bertz CT molecular complexity index is 666. The molecule has 96 valence electrons. The van der Waals surface area contributed by atoms with Crippen molar-refractivity contribution in [1.82, 2.24) is 4.98 Å². The summed E-state index contributed by atoms with van der Waals surface area (Å²) in [5, 5.41) is 13.3. The predicted molar refractivity (Wildman–Crippen MR) is 79.5 cm³/mol. The SMILES string of the molecule is OC(CNc1ccc2ncsc2c1)c1ccccc1. The molecule has 0 aliphatic heterocycles. The molecule has 0 fully saturated rings. The van der Waals surface area contributed by atoms with Crippen molar-refractivity contribution in [3.63, 3.8) is 0 Å². The highest BCUT2D eigenvalue weighted by atomic mass is 32.1. The first-order valence-corrected chi connectivity index (χ1v) is 7.01. The normalized spacial score (nSPS) is 12.5. The summed E-state index contributed by atoms with van der Waals surface area (Å²) in [5.74, 6) is 0. The van der Waals surface area contributed by atoms with Crippen molar-refractivity contribution in [1.29, 1.82) is 0 Å². The van der Waals surface area contributed by atoms with Crippen molar-refractivity contribution in [3.8, 4) is 0 Å². The topological polar surface area (TPSA) is 45.1 Å². The van der Waals surface area contributed by atoms with Crippen LogP contribution in [-0.4, -0.2) is 16.6 Å². The molecule has 4 heteroatoms. The summed E-state index contributed by atoms with van der Waals surface area (Å²) < 4.78 is 1.15. The lowest BCUT2D eigenvalue weighted by Crippen LogP contribution is -2.11. The highest BCUT2D eigenvalue weighted by Gasteiger charge is 2.06. The standard InChI is InChI=1S/C15H14N2OS/c18-14(11-4-2-1-3-5-11)9-16-12-6-7-13-15(8-12)19-10-17-13/h1-8,10,14,16,18H,9H2. The smallest absolute Gasteiger partial charge is 0.0962 e. The van der Waals surface area contributed by atoms with Gasteiger partial charge in [0.2, 0.25) is 0 Å². The third-order valence-corrected chi connectivity index (χ3v) is 3.81. The monoisotopic (exact) mass is 270 g/mol. The first-order valence-electron chi connectivity index (χ1n) is 6.13. The van der Waals surface area contributed by atoms with Gasteiger partial charge >= 0.3 is 0 Å². The second-order valence-electron chi connectivity index (χ2n) is 4.34. The van der Waals surface area contributed by atoms with Crippen LogP contribution in [0.1, 0.15) is 11.7 Å². The minimum atomic E-state index is -0.502. The van der Waals surface area contributed by atoms with Gasteiger partial charge in [-0.15, -0.1) is 11.3 Å². The van der Waals surface area contributed by atoms with E-state index in [1.165, 1.54) is 0 Å². The zero-order valence-corrected chi connectivity index (χ0v) is 11.1. The molecule has 1 unspecified atom stereocenters. The van der Waals surface area contributed by atoms with Crippen LogP contribution in [0.3, 0.4) is 0 Å². The Labute approximate surface area is 115 Å². The van der Waals surface area contributed by atoms with Gasteiger partial charge in [0.15, 0.2) is 0 Å². The first-order chi connectivity index (χ1) is 9.33. The van der Waals surface area contributed by atoms with Gasteiger partial charge in [-0.1, -0.05) is 30.3 Å². The molecule has 2 N–H and O–H groups in total. The maximum absolute atomic E-state index is 10.1. The summed E-state index contributed by atoms with van der Waals surface area (Å²) in [7, 11) is 0. The second kappa shape index (κ2) is 5.38. The average Bonchev–Trinajstić information content (AvgIpc) is 2.93. The number of fused-ring (bicyclic) bond motifs is 1. The van der Waals surface area contributed by atoms with Gasteiger partial charge in [0.1, 0.15) is 0 Å². The molecular formula is C15H14N2OS. The zero-order valence-electron chi connectivity index (χ0n) is 10.3. The van der Waals surface area contributed by atoms with Gasteiger partial charge < -0.3 is 10.4 Å². The van der Waals surface area contributed by atoms with Crippen molar-refractivity contribution in [3.05, 3.63) is 59.6 Å². The molecule has 0 spiro atoms.